The Hall–Kier alpha value is -11.0. The van der Waals surface area contributed by atoms with E-state index in [4.69, 9.17) is 85.1 Å². The van der Waals surface area contributed by atoms with Crippen LogP contribution in [0.4, 0.5) is 17.1 Å². The van der Waals surface area contributed by atoms with E-state index >= 15 is 0 Å². The lowest BCUT2D eigenvalue weighted by molar-refractivity contribution is 0.481. The van der Waals surface area contributed by atoms with Crippen LogP contribution < -0.4 is 18.9 Å². The van der Waals surface area contributed by atoms with E-state index in [1.807, 2.05) is 48.5 Å². The molecule has 2 aliphatic rings. The second-order valence-electron chi connectivity index (χ2n) is 21.1. The largest absolute Gasteiger partial charge is 0.459 e. The van der Waals surface area contributed by atoms with Crippen LogP contribution >= 0.6 is 46.4 Å². The number of benzene rings is 12. The molecule has 12 heteroatoms. The Morgan fingerprint density at radius 2 is 0.567 bits per heavy atom. The van der Waals surface area contributed by atoms with Gasteiger partial charge in [-0.3, -0.25) is 0 Å². The van der Waals surface area contributed by atoms with Gasteiger partial charge in [-0.05, 0) is 164 Å². The lowest BCUT2D eigenvalue weighted by atomic mass is 9.68. The fraction of sp³-hybridized carbons (Fsp3) is 0.0256. The molecular weight excluding hydrogens is 1200 g/mol. The van der Waals surface area contributed by atoms with E-state index in [0.717, 1.165) is 22.3 Å². The molecule has 0 aromatic heterocycles. The molecule has 428 valence electrons. The molecule has 0 fully saturated rings. The zero-order chi connectivity index (χ0) is 61.9. The van der Waals surface area contributed by atoms with Gasteiger partial charge in [0.2, 0.25) is 17.1 Å². The zero-order valence-corrected chi connectivity index (χ0v) is 50.4. The Labute approximate surface area is 540 Å². The summed E-state index contributed by atoms with van der Waals surface area (Å²) >= 11 is 24.7. The third-order valence-corrected chi connectivity index (χ3v) is 17.4. The fourth-order valence-corrected chi connectivity index (χ4v) is 13.0. The van der Waals surface area contributed by atoms with Crippen molar-refractivity contribution in [3.8, 4) is 74.3 Å². The number of halogens is 4. The first kappa shape index (κ1) is 58.0. The van der Waals surface area contributed by atoms with Gasteiger partial charge in [-0.15, -0.1) is 0 Å². The third-order valence-electron chi connectivity index (χ3n) is 16.2. The molecule has 0 amide bonds. The van der Waals surface area contributed by atoms with Crippen molar-refractivity contribution in [1.29, 1.82) is 5.26 Å². The Morgan fingerprint density at radius 1 is 0.289 bits per heavy atom. The topological polar surface area (TPSA) is 73.8 Å². The molecule has 14 rings (SSSR count). The molecule has 0 saturated heterocycles. The van der Waals surface area contributed by atoms with Gasteiger partial charge in [-0.25, -0.2) is 14.5 Å². The van der Waals surface area contributed by atoms with E-state index in [1.165, 1.54) is 44.5 Å². The molecule has 0 heterocycles. The van der Waals surface area contributed by atoms with Gasteiger partial charge < -0.3 is 18.9 Å². The molecule has 90 heavy (non-hydrogen) atoms. The van der Waals surface area contributed by atoms with Gasteiger partial charge in [0.1, 0.15) is 52.1 Å². The molecule has 0 aliphatic heterocycles. The maximum absolute atomic E-state index is 9.37. The van der Waals surface area contributed by atoms with Crippen molar-refractivity contribution in [2.45, 2.75) is 10.8 Å². The number of hydrogen-bond donors (Lipinski definition) is 0. The van der Waals surface area contributed by atoms with Crippen molar-refractivity contribution in [3.63, 3.8) is 0 Å². The first-order valence-electron chi connectivity index (χ1n) is 28.3. The van der Waals surface area contributed by atoms with E-state index in [9.17, 15) is 5.26 Å². The monoisotopic (exact) mass is 1240 g/mol. The number of nitriles is 1. The molecule has 0 spiro atoms. The molecule has 2 aliphatic carbocycles. The SMILES string of the molecule is [C-]#[N+]c1cc(Oc2ccc(C3(c4ccc(Oc5ccc(Cl)c(C#N)c5)cc4)c4ccccc4-c4ccccc43)cc2)ccc1Cl.[C-]#[N+]c1ccc(Oc2ccc(C3(c4ccc(Oc5ccc([N+]#[C-])c(Cl)c5)cc4)c4ccccc4-c4ccccc43)cc2)cc1Cl. The molecule has 8 nitrogen and oxygen atoms in total. The second kappa shape index (κ2) is 24.6. The van der Waals surface area contributed by atoms with Crippen LogP contribution in [0.3, 0.4) is 0 Å². The molecule has 12 aromatic carbocycles. The third kappa shape index (κ3) is 10.6. The van der Waals surface area contributed by atoms with Crippen molar-refractivity contribution in [1.82, 2.24) is 0 Å². The van der Waals surface area contributed by atoms with Gasteiger partial charge in [0.05, 0.1) is 51.2 Å². The quantitative estimate of drug-likeness (QED) is 0.114. The van der Waals surface area contributed by atoms with Crippen LogP contribution in [0, 0.1) is 31.0 Å². The molecular formula is C78H44Cl4N4O4. The summed E-state index contributed by atoms with van der Waals surface area (Å²) in [6, 6.07) is 88.9. The Morgan fingerprint density at radius 3 is 0.878 bits per heavy atom. The van der Waals surface area contributed by atoms with Crippen LogP contribution in [0.1, 0.15) is 50.1 Å². The van der Waals surface area contributed by atoms with E-state index in [0.29, 0.717) is 88.7 Å². The molecule has 0 radical (unpaired) electrons. The molecule has 0 bridgehead atoms. The van der Waals surface area contributed by atoms with E-state index in [-0.39, 0.29) is 0 Å². The first-order chi connectivity index (χ1) is 44.0. The first-order valence-corrected chi connectivity index (χ1v) is 29.8. The molecule has 0 atom stereocenters. The average molecular weight is 1240 g/mol. The van der Waals surface area contributed by atoms with Crippen molar-refractivity contribution in [3.05, 3.63) is 371 Å². The minimum atomic E-state index is -0.601. The van der Waals surface area contributed by atoms with Crippen LogP contribution in [0.25, 0.3) is 36.8 Å². The van der Waals surface area contributed by atoms with Crippen LogP contribution in [-0.4, -0.2) is 0 Å². The molecule has 0 saturated carbocycles. The summed E-state index contributed by atoms with van der Waals surface area (Å²) in [4.78, 5) is 10.3. The molecule has 0 N–H and O–H groups in total. The van der Waals surface area contributed by atoms with Crippen molar-refractivity contribution in [2.24, 2.45) is 0 Å². The van der Waals surface area contributed by atoms with Gasteiger partial charge in [-0.1, -0.05) is 210 Å². The number of hydrogen-bond acceptors (Lipinski definition) is 5. The van der Waals surface area contributed by atoms with Crippen LogP contribution in [0.5, 0.6) is 46.0 Å². The Bertz CT molecular complexity index is 4640. The Balaban J connectivity index is 0.000000165. The summed E-state index contributed by atoms with van der Waals surface area (Å²) < 4.78 is 24.5. The van der Waals surface area contributed by atoms with Crippen LogP contribution in [-0.2, 0) is 10.8 Å². The van der Waals surface area contributed by atoms with Gasteiger partial charge >= 0.3 is 0 Å². The second-order valence-corrected chi connectivity index (χ2v) is 22.7. The summed E-state index contributed by atoms with van der Waals surface area (Å²) in [5.74, 6) is 4.82. The molecule has 0 unspecified atom stereocenters. The summed E-state index contributed by atoms with van der Waals surface area (Å²) in [6.45, 7) is 21.8. The van der Waals surface area contributed by atoms with E-state index in [1.54, 1.807) is 72.8 Å². The van der Waals surface area contributed by atoms with Crippen molar-refractivity contribution >= 4 is 63.5 Å². The lowest BCUT2D eigenvalue weighted by Gasteiger charge is -2.34. The zero-order valence-electron chi connectivity index (χ0n) is 47.3. The highest BCUT2D eigenvalue weighted by molar-refractivity contribution is 6.34. The predicted molar refractivity (Wildman–Crippen MR) is 357 cm³/mol. The predicted octanol–water partition coefficient (Wildman–Crippen LogP) is 23.4. The molecule has 12 aromatic rings. The van der Waals surface area contributed by atoms with Gasteiger partial charge in [0.25, 0.3) is 0 Å². The Kier molecular flexibility index (Phi) is 15.9. The summed E-state index contributed by atoms with van der Waals surface area (Å²) in [5.41, 5.74) is 14.1. The average Bonchev–Trinajstić information content (AvgIpc) is 1.55. The highest BCUT2D eigenvalue weighted by atomic mass is 35.5. The number of fused-ring (bicyclic) bond motifs is 6. The van der Waals surface area contributed by atoms with E-state index in [2.05, 4.69) is 166 Å². The highest BCUT2D eigenvalue weighted by Gasteiger charge is 2.47. The number of ether oxygens (including phenoxy) is 4. The van der Waals surface area contributed by atoms with E-state index < -0.39 is 10.8 Å². The summed E-state index contributed by atoms with van der Waals surface area (Å²) in [5, 5.41) is 10.9. The van der Waals surface area contributed by atoms with Gasteiger partial charge in [-0.2, -0.15) is 5.26 Å². The smallest absolute Gasteiger partial charge is 0.209 e. The van der Waals surface area contributed by atoms with Gasteiger partial charge in [0, 0.05) is 11.1 Å². The fourth-order valence-electron chi connectivity index (χ4n) is 12.3. The minimum absolute atomic E-state index is 0.345. The standard InChI is InChI=1S/2C39H22Cl2N2O2/c1-42-37-21-19-29(23-35(37)40)44-27-15-11-25(12-16-27)39(33-9-5-3-7-31(33)32-8-4-6-10-34(32)39)26-13-17-28(18-14-26)45-30-20-22-38(43-2)36(41)24-30;1-43-38-23-31(19-21-37(38)41)45-29-16-12-27(13-17-29)39(34-8-4-2-6-32(34)33-7-3-5-9-35(33)39)26-10-14-28(15-11-26)44-30-18-20-36(40)25(22-30)24-42/h3-24H;2-23H. The van der Waals surface area contributed by atoms with Gasteiger partial charge in [0.15, 0.2) is 0 Å². The maximum atomic E-state index is 9.37. The minimum Gasteiger partial charge on any atom is -0.459 e. The highest BCUT2D eigenvalue weighted by Crippen LogP contribution is 2.58. The number of nitrogens with zero attached hydrogens (tertiary/aromatic N) is 4. The summed E-state index contributed by atoms with van der Waals surface area (Å²) in [7, 11) is 0. The normalized spacial score (nSPS) is 12.4. The van der Waals surface area contributed by atoms with Crippen LogP contribution in [0.15, 0.2) is 267 Å². The summed E-state index contributed by atoms with van der Waals surface area (Å²) in [6.07, 6.45) is 0. The van der Waals surface area contributed by atoms with Crippen molar-refractivity contribution < 1.29 is 18.9 Å². The van der Waals surface area contributed by atoms with Crippen LogP contribution in [0.2, 0.25) is 20.1 Å². The maximum Gasteiger partial charge on any atom is 0.209 e. The number of rotatable bonds is 12. The lowest BCUT2D eigenvalue weighted by Crippen LogP contribution is -2.28. The van der Waals surface area contributed by atoms with Crippen molar-refractivity contribution in [2.75, 3.05) is 0 Å².